The first-order chi connectivity index (χ1) is 26.0. The third-order valence-corrected chi connectivity index (χ3v) is 13.2. The summed E-state index contributed by atoms with van der Waals surface area (Å²) in [6.07, 6.45) is 24.1. The minimum Gasteiger partial charge on any atom is -0.338 e. The van der Waals surface area contributed by atoms with Crippen LogP contribution in [0.2, 0.25) is 0 Å². The van der Waals surface area contributed by atoms with Gasteiger partial charge < -0.3 is 9.80 Å². The molecule has 9 rings (SSSR count). The molecular formula is C48H50F4N2. The number of allylic oxidation sites excluding steroid dienone is 17. The molecule has 6 heteroatoms. The number of nitrogens with zero attached hydrogens (tertiary/aromatic N) is 2. The lowest BCUT2D eigenvalue weighted by Crippen LogP contribution is -2.46. The fourth-order valence-electron chi connectivity index (χ4n) is 10.6. The van der Waals surface area contributed by atoms with Crippen LogP contribution in [0.3, 0.4) is 0 Å². The van der Waals surface area contributed by atoms with Crippen LogP contribution < -0.4 is 4.90 Å². The monoisotopic (exact) mass is 730 g/mol. The minimum absolute atomic E-state index is 0.0462. The number of anilines is 1. The second kappa shape index (κ2) is 13.5. The molecule has 8 aliphatic rings. The second-order valence-corrected chi connectivity index (χ2v) is 17.3. The van der Waals surface area contributed by atoms with Gasteiger partial charge in [0.2, 0.25) is 0 Å². The SMILES string of the molecule is CC(C)C1=CC(N(C2=CCC(F)C=C2)c2ccc(F)cc2)=C2C=C3C4=C(CCC3(C)C)CC(N(C3=CCC(F)C=C3)C3=CC=C(F)CC3)C3=C4C2C1CC3. The highest BCUT2D eigenvalue weighted by Gasteiger charge is 2.51. The Bertz CT molecular complexity index is 2120. The second-order valence-electron chi connectivity index (χ2n) is 17.3. The van der Waals surface area contributed by atoms with E-state index in [9.17, 15) is 17.6 Å². The lowest BCUT2D eigenvalue weighted by atomic mass is 9.52. The van der Waals surface area contributed by atoms with Gasteiger partial charge >= 0.3 is 0 Å². The van der Waals surface area contributed by atoms with Crippen LogP contribution in [0, 0.1) is 29.0 Å². The molecule has 0 bridgehead atoms. The van der Waals surface area contributed by atoms with Gasteiger partial charge in [0.1, 0.15) is 24.0 Å². The van der Waals surface area contributed by atoms with Gasteiger partial charge in [-0.15, -0.1) is 0 Å². The molecule has 0 spiro atoms. The fourth-order valence-corrected chi connectivity index (χ4v) is 10.6. The highest BCUT2D eigenvalue weighted by Crippen LogP contribution is 2.63. The smallest absolute Gasteiger partial charge is 0.123 e. The molecule has 0 heterocycles. The maximum atomic E-state index is 14.6. The molecule has 0 aliphatic heterocycles. The zero-order valence-electron chi connectivity index (χ0n) is 31.8. The molecule has 0 amide bonds. The van der Waals surface area contributed by atoms with Gasteiger partial charge in [-0.2, -0.15) is 0 Å². The largest absolute Gasteiger partial charge is 0.338 e. The van der Waals surface area contributed by atoms with E-state index in [1.807, 2.05) is 42.5 Å². The van der Waals surface area contributed by atoms with Gasteiger partial charge in [-0.05, 0) is 150 Å². The summed E-state index contributed by atoms with van der Waals surface area (Å²) in [5.41, 5.74) is 14.8. The van der Waals surface area contributed by atoms with Gasteiger partial charge in [0.05, 0.1) is 6.04 Å². The minimum atomic E-state index is -1.03. The molecule has 8 aliphatic carbocycles. The number of hydrogen-bond acceptors (Lipinski definition) is 2. The van der Waals surface area contributed by atoms with E-state index >= 15 is 0 Å². The summed E-state index contributed by atoms with van der Waals surface area (Å²) >= 11 is 0. The van der Waals surface area contributed by atoms with Crippen molar-refractivity contribution in [1.82, 2.24) is 4.90 Å². The van der Waals surface area contributed by atoms with E-state index in [4.69, 9.17) is 0 Å². The topological polar surface area (TPSA) is 6.48 Å². The fraction of sp³-hybridized carbons (Fsp3) is 0.417. The quantitative estimate of drug-likeness (QED) is 0.258. The molecule has 5 unspecified atom stereocenters. The highest BCUT2D eigenvalue weighted by molar-refractivity contribution is 5.74. The van der Waals surface area contributed by atoms with Crippen molar-refractivity contribution in [2.75, 3.05) is 4.90 Å². The first-order valence-electron chi connectivity index (χ1n) is 20.1. The van der Waals surface area contributed by atoms with Crippen molar-refractivity contribution in [3.63, 3.8) is 0 Å². The number of rotatable bonds is 7. The Morgan fingerprint density at radius 1 is 0.833 bits per heavy atom. The third kappa shape index (κ3) is 5.90. The van der Waals surface area contributed by atoms with E-state index < -0.39 is 12.3 Å². The molecule has 2 nitrogen and oxygen atoms in total. The molecule has 0 saturated carbocycles. The predicted octanol–water partition coefficient (Wildman–Crippen LogP) is 12.8. The Labute approximate surface area is 317 Å². The third-order valence-electron chi connectivity index (χ3n) is 13.2. The summed E-state index contributed by atoms with van der Waals surface area (Å²) in [5.74, 6) is 0.341. The van der Waals surface area contributed by atoms with E-state index in [0.717, 1.165) is 60.6 Å². The number of hydrogen-bond donors (Lipinski definition) is 0. The average Bonchev–Trinajstić information content (AvgIpc) is 3.16. The van der Waals surface area contributed by atoms with Crippen LogP contribution in [0.25, 0.3) is 0 Å². The van der Waals surface area contributed by atoms with Crippen molar-refractivity contribution in [3.8, 4) is 0 Å². The van der Waals surface area contributed by atoms with Crippen LogP contribution in [-0.2, 0) is 0 Å². The first kappa shape index (κ1) is 35.4. The molecule has 0 saturated heterocycles. The van der Waals surface area contributed by atoms with Gasteiger partial charge in [0.15, 0.2) is 0 Å². The Morgan fingerprint density at radius 2 is 1.56 bits per heavy atom. The molecule has 5 atom stereocenters. The average molecular weight is 731 g/mol. The molecule has 0 radical (unpaired) electrons. The molecule has 0 aromatic heterocycles. The maximum absolute atomic E-state index is 14.6. The lowest BCUT2D eigenvalue weighted by Gasteiger charge is -2.55. The summed E-state index contributed by atoms with van der Waals surface area (Å²) in [5, 5.41) is 0. The highest BCUT2D eigenvalue weighted by atomic mass is 19.1. The van der Waals surface area contributed by atoms with Crippen molar-refractivity contribution < 1.29 is 17.6 Å². The van der Waals surface area contributed by atoms with Crippen LogP contribution in [-0.4, -0.2) is 23.3 Å². The number of alkyl halides is 2. The molecule has 54 heavy (non-hydrogen) atoms. The Kier molecular flexibility index (Phi) is 8.82. The molecular weight excluding hydrogens is 681 g/mol. The van der Waals surface area contributed by atoms with Gasteiger partial charge in [-0.3, -0.25) is 0 Å². The summed E-state index contributed by atoms with van der Waals surface area (Å²) in [6, 6.07) is 6.73. The number of benzene rings is 1. The summed E-state index contributed by atoms with van der Waals surface area (Å²) < 4.78 is 58.1. The van der Waals surface area contributed by atoms with Crippen molar-refractivity contribution in [3.05, 3.63) is 158 Å². The zero-order valence-corrected chi connectivity index (χ0v) is 31.8. The Balaban J connectivity index is 1.30. The van der Waals surface area contributed by atoms with Crippen LogP contribution in [0.15, 0.2) is 153 Å². The molecule has 280 valence electrons. The zero-order chi connectivity index (χ0) is 37.5. The van der Waals surface area contributed by atoms with E-state index in [1.165, 1.54) is 51.1 Å². The van der Waals surface area contributed by atoms with Gasteiger partial charge in [-0.1, -0.05) is 57.1 Å². The van der Waals surface area contributed by atoms with Crippen molar-refractivity contribution >= 4 is 5.69 Å². The Morgan fingerprint density at radius 3 is 2.20 bits per heavy atom. The standard InChI is InChI=1S/C48H50F4N2/c1-28(2)40-27-44(54(36-17-9-32(51)10-18-36)37-19-11-33(52)12-20-37)41-26-42-45-29(23-24-48(42,3)4)25-43(39-22-21-38(40)46(41)47(39)45)53(34-13-5-30(49)6-14-34)35-15-7-31(50)8-16-35/h5,7,9-11,13-15,17-20,26-28,30,33,38,43,46H,6,8,12,16,21-25H2,1-4H3. The summed E-state index contributed by atoms with van der Waals surface area (Å²) in [4.78, 5) is 4.68. The van der Waals surface area contributed by atoms with Crippen LogP contribution in [0.4, 0.5) is 23.2 Å². The molecule has 0 N–H and O–H groups in total. The van der Waals surface area contributed by atoms with Gasteiger partial charge in [-0.25, -0.2) is 17.6 Å². The van der Waals surface area contributed by atoms with E-state index in [2.05, 4.69) is 49.6 Å². The summed E-state index contributed by atoms with van der Waals surface area (Å²) in [6.45, 7) is 9.34. The van der Waals surface area contributed by atoms with Crippen molar-refractivity contribution in [2.45, 2.75) is 104 Å². The summed E-state index contributed by atoms with van der Waals surface area (Å²) in [7, 11) is 0. The lowest BCUT2D eigenvalue weighted by molar-refractivity contribution is 0.281. The van der Waals surface area contributed by atoms with E-state index in [-0.39, 0.29) is 29.0 Å². The molecule has 0 fully saturated rings. The van der Waals surface area contributed by atoms with Crippen LogP contribution in [0.5, 0.6) is 0 Å². The first-order valence-corrected chi connectivity index (χ1v) is 20.1. The van der Waals surface area contributed by atoms with E-state index in [0.29, 0.717) is 37.5 Å². The van der Waals surface area contributed by atoms with Crippen molar-refractivity contribution in [2.24, 2.45) is 23.2 Å². The molecule has 1 aromatic carbocycles. The van der Waals surface area contributed by atoms with Crippen LogP contribution in [0.1, 0.15) is 85.5 Å². The van der Waals surface area contributed by atoms with Gasteiger partial charge in [0.25, 0.3) is 0 Å². The van der Waals surface area contributed by atoms with Crippen LogP contribution >= 0.6 is 0 Å². The normalized spacial score (nSPS) is 29.6. The van der Waals surface area contributed by atoms with Gasteiger partial charge in [0, 0.05) is 53.7 Å². The van der Waals surface area contributed by atoms with E-state index in [1.54, 1.807) is 18.2 Å². The number of halogens is 4. The molecule has 1 aromatic rings. The predicted molar refractivity (Wildman–Crippen MR) is 210 cm³/mol. The Hall–Kier alpha value is -4.32. The maximum Gasteiger partial charge on any atom is 0.123 e. The van der Waals surface area contributed by atoms with Crippen molar-refractivity contribution in [1.29, 1.82) is 0 Å².